The number of amides is 1. The van der Waals surface area contributed by atoms with Crippen LogP contribution >= 0.6 is 11.6 Å². The second-order valence-corrected chi connectivity index (χ2v) is 7.29. The molecular formula is C18H22ClNO4. The lowest BCUT2D eigenvalue weighted by atomic mass is 9.92. The Morgan fingerprint density at radius 1 is 1.33 bits per heavy atom. The molecule has 1 N–H and O–H groups in total. The van der Waals surface area contributed by atoms with Gasteiger partial charge >= 0.3 is 5.97 Å². The highest BCUT2D eigenvalue weighted by Gasteiger charge is 2.47. The third kappa shape index (κ3) is 3.51. The van der Waals surface area contributed by atoms with E-state index in [1.807, 2.05) is 13.0 Å². The van der Waals surface area contributed by atoms with Crippen LogP contribution in [0.1, 0.15) is 25.3 Å². The number of benzene rings is 1. The zero-order valence-electron chi connectivity index (χ0n) is 13.9. The fourth-order valence-corrected chi connectivity index (χ4v) is 3.63. The molecule has 1 amide bonds. The van der Waals surface area contributed by atoms with Gasteiger partial charge in [0.15, 0.2) is 6.10 Å². The third-order valence-electron chi connectivity index (χ3n) is 4.96. The lowest BCUT2D eigenvalue weighted by Crippen LogP contribution is -2.39. The SMILES string of the molecule is Cc1ccc(Cl)c(OC(C)C(=O)N2C[C@H](C(=O)O)[C@@H](C3CC3)C2)c1. The fourth-order valence-electron chi connectivity index (χ4n) is 3.47. The predicted molar refractivity (Wildman–Crippen MR) is 90.2 cm³/mol. The number of likely N-dealkylation sites (tertiary alicyclic amines) is 1. The van der Waals surface area contributed by atoms with Crippen LogP contribution < -0.4 is 4.74 Å². The summed E-state index contributed by atoms with van der Waals surface area (Å²) in [5.41, 5.74) is 0.995. The molecule has 1 aliphatic heterocycles. The van der Waals surface area contributed by atoms with Gasteiger partial charge in [0.25, 0.3) is 5.91 Å². The van der Waals surface area contributed by atoms with Crippen LogP contribution in [-0.4, -0.2) is 41.1 Å². The average molecular weight is 352 g/mol. The quantitative estimate of drug-likeness (QED) is 0.885. The summed E-state index contributed by atoms with van der Waals surface area (Å²) in [5, 5.41) is 9.87. The smallest absolute Gasteiger partial charge is 0.308 e. The molecule has 1 aromatic carbocycles. The Hall–Kier alpha value is -1.75. The van der Waals surface area contributed by atoms with Crippen molar-refractivity contribution in [3.05, 3.63) is 28.8 Å². The molecule has 1 aromatic rings. The van der Waals surface area contributed by atoms with Crippen molar-refractivity contribution in [2.24, 2.45) is 17.8 Å². The van der Waals surface area contributed by atoms with Crippen LogP contribution in [0, 0.1) is 24.7 Å². The maximum Gasteiger partial charge on any atom is 0.308 e. The van der Waals surface area contributed by atoms with Gasteiger partial charge in [0.05, 0.1) is 10.9 Å². The van der Waals surface area contributed by atoms with Crippen LogP contribution in [0.5, 0.6) is 5.75 Å². The zero-order valence-corrected chi connectivity index (χ0v) is 14.6. The lowest BCUT2D eigenvalue weighted by molar-refractivity contribution is -0.143. The van der Waals surface area contributed by atoms with Crippen LogP contribution in [0.2, 0.25) is 5.02 Å². The van der Waals surface area contributed by atoms with E-state index in [0.717, 1.165) is 18.4 Å². The molecule has 2 aliphatic rings. The predicted octanol–water partition coefficient (Wildman–Crippen LogP) is 2.98. The van der Waals surface area contributed by atoms with Gasteiger partial charge in [0, 0.05) is 13.1 Å². The number of aliphatic carboxylic acids is 1. The molecule has 6 heteroatoms. The third-order valence-corrected chi connectivity index (χ3v) is 5.27. The molecule has 3 rings (SSSR count). The van der Waals surface area contributed by atoms with Gasteiger partial charge in [-0.3, -0.25) is 9.59 Å². The Morgan fingerprint density at radius 3 is 2.67 bits per heavy atom. The molecule has 0 aromatic heterocycles. The van der Waals surface area contributed by atoms with Crippen LogP contribution in [0.25, 0.3) is 0 Å². The minimum Gasteiger partial charge on any atom is -0.481 e. The number of halogens is 1. The minimum atomic E-state index is -0.808. The van der Waals surface area contributed by atoms with E-state index in [4.69, 9.17) is 16.3 Å². The van der Waals surface area contributed by atoms with Gasteiger partial charge in [0.2, 0.25) is 0 Å². The number of hydrogen-bond acceptors (Lipinski definition) is 3. The highest BCUT2D eigenvalue weighted by atomic mass is 35.5. The Kier molecular flexibility index (Phi) is 4.72. The number of carboxylic acids is 1. The first-order chi connectivity index (χ1) is 11.4. The van der Waals surface area contributed by atoms with E-state index in [-0.39, 0.29) is 18.4 Å². The fraction of sp³-hybridized carbons (Fsp3) is 0.556. The van der Waals surface area contributed by atoms with E-state index in [2.05, 4.69) is 0 Å². The molecule has 1 saturated carbocycles. The van der Waals surface area contributed by atoms with Gasteiger partial charge < -0.3 is 14.7 Å². The van der Waals surface area contributed by atoms with E-state index in [1.54, 1.807) is 24.0 Å². The first-order valence-corrected chi connectivity index (χ1v) is 8.69. The molecule has 24 heavy (non-hydrogen) atoms. The number of carbonyl (C=O) groups is 2. The number of carbonyl (C=O) groups excluding carboxylic acids is 1. The zero-order chi connectivity index (χ0) is 17.4. The van der Waals surface area contributed by atoms with Gasteiger partial charge in [-0.2, -0.15) is 0 Å². The van der Waals surface area contributed by atoms with Crippen molar-refractivity contribution in [3.63, 3.8) is 0 Å². The standard InChI is InChI=1S/C18H22ClNO4/c1-10-3-6-15(19)16(7-10)24-11(2)17(21)20-8-13(12-4-5-12)14(9-20)18(22)23/h3,6-7,11-14H,4-5,8-9H2,1-2H3,(H,22,23)/t11?,13-,14+/m1/s1. The van der Waals surface area contributed by atoms with E-state index in [1.165, 1.54) is 0 Å². The van der Waals surface area contributed by atoms with Crippen molar-refractivity contribution in [2.45, 2.75) is 32.8 Å². The van der Waals surface area contributed by atoms with Gasteiger partial charge in [0.1, 0.15) is 5.75 Å². The Bertz CT molecular complexity index is 658. The molecule has 0 bridgehead atoms. The van der Waals surface area contributed by atoms with Crippen molar-refractivity contribution in [2.75, 3.05) is 13.1 Å². The van der Waals surface area contributed by atoms with Gasteiger partial charge in [-0.25, -0.2) is 0 Å². The van der Waals surface area contributed by atoms with Gasteiger partial charge in [-0.15, -0.1) is 0 Å². The number of rotatable bonds is 5. The maximum atomic E-state index is 12.7. The van der Waals surface area contributed by atoms with Crippen LogP contribution in [-0.2, 0) is 9.59 Å². The monoisotopic (exact) mass is 351 g/mol. The van der Waals surface area contributed by atoms with Crippen molar-refractivity contribution < 1.29 is 19.4 Å². The van der Waals surface area contributed by atoms with Crippen LogP contribution in [0.3, 0.4) is 0 Å². The summed E-state index contributed by atoms with van der Waals surface area (Å²) in [7, 11) is 0. The van der Waals surface area contributed by atoms with E-state index >= 15 is 0 Å². The number of hydrogen-bond donors (Lipinski definition) is 1. The summed E-state index contributed by atoms with van der Waals surface area (Å²) in [6, 6.07) is 5.41. The normalized spacial score (nSPS) is 24.7. The minimum absolute atomic E-state index is 0.0706. The van der Waals surface area contributed by atoms with Crippen LogP contribution in [0.4, 0.5) is 0 Å². The van der Waals surface area contributed by atoms with E-state index < -0.39 is 18.0 Å². The van der Waals surface area contributed by atoms with Crippen molar-refractivity contribution in [3.8, 4) is 5.75 Å². The topological polar surface area (TPSA) is 66.8 Å². The van der Waals surface area contributed by atoms with Crippen LogP contribution in [0.15, 0.2) is 18.2 Å². The Labute approximate surface area is 146 Å². The largest absolute Gasteiger partial charge is 0.481 e. The highest BCUT2D eigenvalue weighted by Crippen LogP contribution is 2.44. The highest BCUT2D eigenvalue weighted by molar-refractivity contribution is 6.32. The Morgan fingerprint density at radius 2 is 2.04 bits per heavy atom. The molecule has 5 nitrogen and oxygen atoms in total. The number of nitrogens with zero attached hydrogens (tertiary/aromatic N) is 1. The molecule has 3 atom stereocenters. The Balaban J connectivity index is 1.67. The molecule has 1 unspecified atom stereocenters. The molecule has 130 valence electrons. The summed E-state index contributed by atoms with van der Waals surface area (Å²) >= 11 is 6.11. The van der Waals surface area contributed by atoms with Gasteiger partial charge in [-0.1, -0.05) is 17.7 Å². The summed E-state index contributed by atoms with van der Waals surface area (Å²) in [6.07, 6.45) is 1.44. The molecule has 1 aliphatic carbocycles. The second kappa shape index (κ2) is 6.63. The summed E-state index contributed by atoms with van der Waals surface area (Å²) in [5.74, 6) is -0.450. The van der Waals surface area contributed by atoms with Gasteiger partial charge in [-0.05, 0) is 56.2 Å². The molecule has 1 saturated heterocycles. The molecule has 0 radical (unpaired) electrons. The summed E-state index contributed by atoms with van der Waals surface area (Å²) in [4.78, 5) is 25.8. The molecule has 1 heterocycles. The number of ether oxygens (including phenoxy) is 1. The maximum absolute atomic E-state index is 12.7. The lowest BCUT2D eigenvalue weighted by Gasteiger charge is -2.22. The number of carboxylic acid groups (broad SMARTS) is 1. The average Bonchev–Trinajstić information content (AvgIpc) is 3.28. The molecular weight excluding hydrogens is 330 g/mol. The van der Waals surface area contributed by atoms with Crippen molar-refractivity contribution in [1.82, 2.24) is 4.90 Å². The summed E-state index contributed by atoms with van der Waals surface area (Å²) < 4.78 is 5.74. The molecule has 0 spiro atoms. The van der Waals surface area contributed by atoms with E-state index in [0.29, 0.717) is 23.2 Å². The molecule has 2 fully saturated rings. The second-order valence-electron chi connectivity index (χ2n) is 6.88. The van der Waals surface area contributed by atoms with E-state index in [9.17, 15) is 14.7 Å². The van der Waals surface area contributed by atoms with Crippen molar-refractivity contribution in [1.29, 1.82) is 0 Å². The summed E-state index contributed by atoms with van der Waals surface area (Å²) in [6.45, 7) is 4.38. The number of aryl methyl sites for hydroxylation is 1. The first kappa shape index (κ1) is 17.1. The van der Waals surface area contributed by atoms with Crippen molar-refractivity contribution >= 4 is 23.5 Å². The first-order valence-electron chi connectivity index (χ1n) is 8.31.